The van der Waals surface area contributed by atoms with Crippen molar-refractivity contribution in [2.24, 2.45) is 0 Å². The van der Waals surface area contributed by atoms with E-state index in [0.29, 0.717) is 12.8 Å². The normalized spacial score (nSPS) is 22.0. The Labute approximate surface area is 339 Å². The Morgan fingerprint density at radius 2 is 1.16 bits per heavy atom. The minimum atomic E-state index is -5.11. The highest BCUT2D eigenvalue weighted by molar-refractivity contribution is 7.80. The molecule has 1 amide bonds. The Morgan fingerprint density at radius 3 is 1.61 bits per heavy atom. The Morgan fingerprint density at radius 1 is 0.714 bits per heavy atom. The maximum Gasteiger partial charge on any atom is 0.397 e. The molecule has 7 N–H and O–H groups in total. The number of allylic oxidation sites excluding steroid dienone is 1. The molecule has 13 nitrogen and oxygen atoms in total. The summed E-state index contributed by atoms with van der Waals surface area (Å²) in [6.07, 6.45) is 22.9. The molecule has 1 saturated heterocycles. The van der Waals surface area contributed by atoms with Gasteiger partial charge in [-0.05, 0) is 19.3 Å². The smallest absolute Gasteiger partial charge is 0.394 e. The molecule has 1 heterocycles. The van der Waals surface area contributed by atoms with Crippen molar-refractivity contribution in [1.29, 1.82) is 0 Å². The Kier molecular flexibility index (Phi) is 31.7. The SMILES string of the molecule is CCCCCCCCCCCCC/C=C/[C@@H](O)[C@H](CO[C@@H]1O[C@H](CO)[C@H](O)C(OS(=O)(=O)O)C1O)NC(=O)[C@@H](O)CCCCCCCCCCCCCCCC. The number of aliphatic hydroxyl groups is 5. The maximum absolute atomic E-state index is 13.1. The van der Waals surface area contributed by atoms with E-state index in [-0.39, 0.29) is 6.42 Å². The van der Waals surface area contributed by atoms with Crippen LogP contribution in [0.5, 0.6) is 0 Å². The van der Waals surface area contributed by atoms with Crippen molar-refractivity contribution in [2.75, 3.05) is 13.2 Å². The topological polar surface area (TPSA) is 212 Å². The van der Waals surface area contributed by atoms with Crippen LogP contribution in [0.25, 0.3) is 0 Å². The average Bonchev–Trinajstić information content (AvgIpc) is 3.16. The van der Waals surface area contributed by atoms with Crippen molar-refractivity contribution < 1.29 is 57.0 Å². The van der Waals surface area contributed by atoms with Crippen molar-refractivity contribution in [3.8, 4) is 0 Å². The van der Waals surface area contributed by atoms with E-state index < -0.39 is 78.5 Å². The Balaban J connectivity index is 2.62. The van der Waals surface area contributed by atoms with E-state index in [1.54, 1.807) is 0 Å². The number of unbranched alkanes of at least 4 members (excludes halogenated alkanes) is 24. The summed E-state index contributed by atoms with van der Waals surface area (Å²) in [5.41, 5.74) is 0. The van der Waals surface area contributed by atoms with Gasteiger partial charge in [-0.3, -0.25) is 9.35 Å². The van der Waals surface area contributed by atoms with Crippen molar-refractivity contribution in [3.05, 3.63) is 12.2 Å². The highest BCUT2D eigenvalue weighted by Crippen LogP contribution is 2.26. The molecule has 0 radical (unpaired) electrons. The number of ether oxygens (including phenoxy) is 2. The van der Waals surface area contributed by atoms with Crippen molar-refractivity contribution >= 4 is 16.3 Å². The molecule has 56 heavy (non-hydrogen) atoms. The Hall–Kier alpha value is -1.20. The number of nitrogens with one attached hydrogen (secondary N) is 1. The van der Waals surface area contributed by atoms with Gasteiger partial charge >= 0.3 is 10.4 Å². The minimum absolute atomic E-state index is 0.247. The molecule has 1 aliphatic rings. The summed E-state index contributed by atoms with van der Waals surface area (Å²) in [5, 5.41) is 55.1. The molecule has 8 atom stereocenters. The van der Waals surface area contributed by atoms with Crippen LogP contribution in [0.2, 0.25) is 0 Å². The monoisotopic (exact) mass is 824 g/mol. The van der Waals surface area contributed by atoms with E-state index in [9.17, 15) is 38.7 Å². The first-order chi connectivity index (χ1) is 26.9. The average molecular weight is 824 g/mol. The fourth-order valence-electron chi connectivity index (χ4n) is 7.11. The molecule has 1 rings (SSSR count). The zero-order valence-electron chi connectivity index (χ0n) is 34.8. The van der Waals surface area contributed by atoms with E-state index in [1.807, 2.05) is 6.08 Å². The van der Waals surface area contributed by atoms with Gasteiger partial charge in [0.15, 0.2) is 6.29 Å². The van der Waals surface area contributed by atoms with Gasteiger partial charge in [0, 0.05) is 0 Å². The van der Waals surface area contributed by atoms with Crippen LogP contribution in [-0.4, -0.2) is 107 Å². The molecule has 0 aromatic rings. The van der Waals surface area contributed by atoms with Gasteiger partial charge in [0.25, 0.3) is 0 Å². The summed E-state index contributed by atoms with van der Waals surface area (Å²) in [6.45, 7) is 3.20. The highest BCUT2D eigenvalue weighted by atomic mass is 32.3. The summed E-state index contributed by atoms with van der Waals surface area (Å²) >= 11 is 0. The van der Waals surface area contributed by atoms with Gasteiger partial charge in [-0.1, -0.05) is 180 Å². The van der Waals surface area contributed by atoms with Crippen LogP contribution in [0.15, 0.2) is 12.2 Å². The minimum Gasteiger partial charge on any atom is -0.394 e. The van der Waals surface area contributed by atoms with Crippen LogP contribution in [-0.2, 0) is 28.9 Å². The largest absolute Gasteiger partial charge is 0.397 e. The van der Waals surface area contributed by atoms with E-state index in [0.717, 1.165) is 38.5 Å². The maximum atomic E-state index is 13.1. The molecule has 0 spiro atoms. The fraction of sp³-hybridized carbons (Fsp3) is 0.929. The molecule has 0 aromatic heterocycles. The van der Waals surface area contributed by atoms with E-state index in [4.69, 9.17) is 14.0 Å². The van der Waals surface area contributed by atoms with Gasteiger partial charge in [0.1, 0.15) is 30.5 Å². The molecule has 332 valence electrons. The van der Waals surface area contributed by atoms with Crippen LogP contribution < -0.4 is 5.32 Å². The summed E-state index contributed by atoms with van der Waals surface area (Å²) in [7, 11) is -5.11. The van der Waals surface area contributed by atoms with Gasteiger partial charge in [-0.2, -0.15) is 8.42 Å². The fourth-order valence-corrected chi connectivity index (χ4v) is 7.62. The molecule has 2 unspecified atom stereocenters. The number of hydrogen-bond donors (Lipinski definition) is 7. The van der Waals surface area contributed by atoms with Crippen molar-refractivity contribution in [3.63, 3.8) is 0 Å². The van der Waals surface area contributed by atoms with E-state index in [2.05, 4.69) is 23.3 Å². The molecule has 1 fully saturated rings. The third kappa shape index (κ3) is 26.0. The molecule has 0 saturated carbocycles. The number of rotatable bonds is 37. The van der Waals surface area contributed by atoms with E-state index in [1.165, 1.54) is 122 Å². The summed E-state index contributed by atoms with van der Waals surface area (Å²) in [6, 6.07) is -1.11. The van der Waals surface area contributed by atoms with Crippen LogP contribution in [0, 0.1) is 0 Å². The molecule has 0 aliphatic carbocycles. The number of aliphatic hydroxyl groups excluding tert-OH is 5. The Bertz CT molecular complexity index is 1080. The molecule has 0 bridgehead atoms. The number of hydrogen-bond acceptors (Lipinski definition) is 11. The third-order valence-electron chi connectivity index (χ3n) is 10.7. The van der Waals surface area contributed by atoms with Gasteiger partial charge in [0.2, 0.25) is 5.91 Å². The zero-order chi connectivity index (χ0) is 41.4. The van der Waals surface area contributed by atoms with Crippen molar-refractivity contribution in [2.45, 2.75) is 236 Å². The summed E-state index contributed by atoms with van der Waals surface area (Å²) in [5.74, 6) is -0.701. The second kappa shape index (κ2) is 33.6. The summed E-state index contributed by atoms with van der Waals surface area (Å²) < 4.78 is 47.4. The van der Waals surface area contributed by atoms with Gasteiger partial charge in [-0.25, -0.2) is 4.18 Å². The predicted octanol–water partition coefficient (Wildman–Crippen LogP) is 6.97. The number of carbonyl (C=O) groups is 1. The lowest BCUT2D eigenvalue weighted by Crippen LogP contribution is -2.61. The molecular weight excluding hydrogens is 743 g/mol. The highest BCUT2D eigenvalue weighted by Gasteiger charge is 2.48. The van der Waals surface area contributed by atoms with Crippen LogP contribution in [0.4, 0.5) is 0 Å². The second-order valence-corrected chi connectivity index (χ2v) is 16.8. The van der Waals surface area contributed by atoms with Crippen LogP contribution >= 0.6 is 0 Å². The number of carbonyl (C=O) groups excluding carboxylic acids is 1. The van der Waals surface area contributed by atoms with E-state index >= 15 is 0 Å². The van der Waals surface area contributed by atoms with Gasteiger partial charge in [-0.15, -0.1) is 0 Å². The van der Waals surface area contributed by atoms with Crippen molar-refractivity contribution in [1.82, 2.24) is 5.32 Å². The number of amides is 1. The lowest BCUT2D eigenvalue weighted by Gasteiger charge is -2.41. The third-order valence-corrected chi connectivity index (χ3v) is 11.1. The molecular formula is C42H81NO12S. The molecule has 0 aromatic carbocycles. The second-order valence-electron chi connectivity index (χ2n) is 15.8. The summed E-state index contributed by atoms with van der Waals surface area (Å²) in [4.78, 5) is 13.1. The first kappa shape index (κ1) is 52.8. The first-order valence-electron chi connectivity index (χ1n) is 22.2. The predicted molar refractivity (Wildman–Crippen MR) is 219 cm³/mol. The first-order valence-corrected chi connectivity index (χ1v) is 23.5. The van der Waals surface area contributed by atoms with Crippen LogP contribution in [0.3, 0.4) is 0 Å². The molecule has 1 aliphatic heterocycles. The standard InChI is InChI=1S/C42H81NO12S/c1-3-5-7-9-11-13-15-17-19-21-23-25-27-29-31-36(46)41(49)43-34(35(45)30-28-26-24-22-20-18-16-14-12-10-8-6-4-2)33-53-42-39(48)40(55-56(50,51)52)38(47)37(32-44)54-42/h28,30,34-40,42,44-48H,3-27,29,31-33H2,1-2H3,(H,43,49)(H,50,51,52)/b30-28+/t34-,35+,36-,37+,38-,39?,40?,42+/m0/s1. The molecule has 14 heteroatoms. The zero-order valence-corrected chi connectivity index (χ0v) is 35.6. The lowest BCUT2D eigenvalue weighted by atomic mass is 9.99. The van der Waals surface area contributed by atoms with Crippen LogP contribution in [0.1, 0.15) is 187 Å². The quantitative estimate of drug-likeness (QED) is 0.0192. The van der Waals surface area contributed by atoms with Gasteiger partial charge < -0.3 is 40.3 Å². The lowest BCUT2D eigenvalue weighted by molar-refractivity contribution is -0.298. The van der Waals surface area contributed by atoms with Gasteiger partial charge in [0.05, 0.1) is 25.4 Å².